The van der Waals surface area contributed by atoms with Gasteiger partial charge in [0.05, 0.1) is 0 Å². The number of ether oxygens (including phenoxy) is 1. The van der Waals surface area contributed by atoms with Crippen LogP contribution in [0.25, 0.3) is 0 Å². The normalized spacial score (nSPS) is 36.7. The van der Waals surface area contributed by atoms with Gasteiger partial charge in [-0.2, -0.15) is 13.2 Å². The Kier molecular flexibility index (Phi) is 2.81. The van der Waals surface area contributed by atoms with Gasteiger partial charge in [-0.3, -0.25) is 0 Å². The Hall–Kier alpha value is -0.510. The van der Waals surface area contributed by atoms with Gasteiger partial charge in [0.15, 0.2) is 5.60 Å². The Morgan fingerprint density at radius 3 is 2.31 bits per heavy atom. The minimum absolute atomic E-state index is 0.0819. The van der Waals surface area contributed by atoms with E-state index >= 15 is 0 Å². The lowest BCUT2D eigenvalue weighted by molar-refractivity contribution is -0.268. The van der Waals surface area contributed by atoms with Gasteiger partial charge in [-0.15, -0.1) is 0 Å². The number of alkyl halides is 3. The third kappa shape index (κ3) is 1.88. The summed E-state index contributed by atoms with van der Waals surface area (Å²) in [6.07, 6.45) is 1.93. The molecule has 0 saturated heterocycles. The largest absolute Gasteiger partial charge is 0.417 e. The molecular formula is C12H17F3O. The number of halogens is 3. The first-order chi connectivity index (χ1) is 7.36. The molecule has 4 atom stereocenters. The Balaban J connectivity index is 2.05. The van der Waals surface area contributed by atoms with Crippen LogP contribution < -0.4 is 0 Å². The minimum atomic E-state index is -4.28. The van der Waals surface area contributed by atoms with Crippen molar-refractivity contribution >= 4 is 0 Å². The SMILES string of the molecule is COC(C)(CC1CC2C=CC1C2)C(F)(F)F. The molecule has 1 fully saturated rings. The Morgan fingerprint density at radius 1 is 1.25 bits per heavy atom. The van der Waals surface area contributed by atoms with Gasteiger partial charge in [-0.05, 0) is 43.9 Å². The number of hydrogen-bond acceptors (Lipinski definition) is 1. The first-order valence-electron chi connectivity index (χ1n) is 5.66. The summed E-state index contributed by atoms with van der Waals surface area (Å²) in [6.45, 7) is 1.16. The molecule has 1 saturated carbocycles. The average Bonchev–Trinajstić information content (AvgIpc) is 2.77. The van der Waals surface area contributed by atoms with Crippen molar-refractivity contribution in [2.45, 2.75) is 38.0 Å². The number of allylic oxidation sites excluding steroid dienone is 2. The molecular weight excluding hydrogens is 217 g/mol. The van der Waals surface area contributed by atoms with Crippen molar-refractivity contribution < 1.29 is 17.9 Å². The lowest BCUT2D eigenvalue weighted by Gasteiger charge is -2.34. The predicted octanol–water partition coefficient (Wildman–Crippen LogP) is 3.56. The number of fused-ring (bicyclic) bond motifs is 2. The van der Waals surface area contributed by atoms with E-state index in [1.807, 2.05) is 0 Å². The highest BCUT2D eigenvalue weighted by Crippen LogP contribution is 2.49. The third-order valence-electron chi connectivity index (χ3n) is 4.12. The molecule has 0 heterocycles. The summed E-state index contributed by atoms with van der Waals surface area (Å²) in [5.41, 5.74) is -1.99. The van der Waals surface area contributed by atoms with E-state index in [9.17, 15) is 13.2 Å². The molecule has 92 valence electrons. The summed E-state index contributed by atoms with van der Waals surface area (Å²) < 4.78 is 43.3. The molecule has 2 bridgehead atoms. The van der Waals surface area contributed by atoms with E-state index in [2.05, 4.69) is 12.2 Å². The minimum Gasteiger partial charge on any atom is -0.369 e. The molecule has 0 aromatic carbocycles. The molecule has 0 aromatic heterocycles. The summed E-state index contributed by atoms with van der Waals surface area (Å²) >= 11 is 0. The Labute approximate surface area is 93.7 Å². The summed E-state index contributed by atoms with van der Waals surface area (Å²) in [6, 6.07) is 0. The molecule has 2 aliphatic carbocycles. The fourth-order valence-electron chi connectivity index (χ4n) is 2.94. The van der Waals surface area contributed by atoms with E-state index in [4.69, 9.17) is 4.74 Å². The molecule has 1 nitrogen and oxygen atoms in total. The molecule has 2 aliphatic rings. The van der Waals surface area contributed by atoms with Crippen LogP contribution >= 0.6 is 0 Å². The number of hydrogen-bond donors (Lipinski definition) is 0. The zero-order chi connectivity index (χ0) is 12.0. The van der Waals surface area contributed by atoms with E-state index < -0.39 is 11.8 Å². The second-order valence-electron chi connectivity index (χ2n) is 5.18. The van der Waals surface area contributed by atoms with Crippen molar-refractivity contribution in [2.24, 2.45) is 17.8 Å². The lowest BCUT2D eigenvalue weighted by atomic mass is 9.83. The maximum atomic E-state index is 12.9. The van der Waals surface area contributed by atoms with Crippen molar-refractivity contribution in [3.05, 3.63) is 12.2 Å². The number of rotatable bonds is 3. The van der Waals surface area contributed by atoms with Crippen LogP contribution in [-0.2, 0) is 4.74 Å². The standard InChI is InChI=1S/C12H17F3O/c1-11(16-2,12(13,14)15)7-10-6-8-3-4-9(10)5-8/h3-4,8-10H,5-7H2,1-2H3. The summed E-state index contributed by atoms with van der Waals surface area (Å²) in [7, 11) is 1.15. The van der Waals surface area contributed by atoms with Crippen molar-refractivity contribution in [3.63, 3.8) is 0 Å². The second-order valence-corrected chi connectivity index (χ2v) is 5.18. The summed E-state index contributed by atoms with van der Waals surface area (Å²) in [5.74, 6) is 0.965. The summed E-state index contributed by atoms with van der Waals surface area (Å²) in [5, 5.41) is 0. The monoisotopic (exact) mass is 234 g/mol. The zero-order valence-corrected chi connectivity index (χ0v) is 9.55. The molecule has 0 amide bonds. The molecule has 0 aliphatic heterocycles. The van der Waals surface area contributed by atoms with Crippen LogP contribution in [0.1, 0.15) is 26.2 Å². The highest BCUT2D eigenvalue weighted by atomic mass is 19.4. The maximum absolute atomic E-state index is 12.9. The zero-order valence-electron chi connectivity index (χ0n) is 9.55. The smallest absolute Gasteiger partial charge is 0.369 e. The molecule has 4 heteroatoms. The van der Waals surface area contributed by atoms with Crippen LogP contribution in [0.5, 0.6) is 0 Å². The van der Waals surface area contributed by atoms with Crippen molar-refractivity contribution in [1.82, 2.24) is 0 Å². The van der Waals surface area contributed by atoms with Crippen molar-refractivity contribution in [3.8, 4) is 0 Å². The first-order valence-corrected chi connectivity index (χ1v) is 5.66. The molecule has 0 radical (unpaired) electrons. The van der Waals surface area contributed by atoms with E-state index in [1.54, 1.807) is 0 Å². The maximum Gasteiger partial charge on any atom is 0.417 e. The van der Waals surface area contributed by atoms with Crippen LogP contribution in [0.3, 0.4) is 0 Å². The van der Waals surface area contributed by atoms with Crippen LogP contribution in [0.4, 0.5) is 13.2 Å². The second kappa shape index (κ2) is 3.76. The van der Waals surface area contributed by atoms with Crippen molar-refractivity contribution in [1.29, 1.82) is 0 Å². The fraction of sp³-hybridized carbons (Fsp3) is 0.833. The molecule has 0 N–H and O–H groups in total. The molecule has 0 aromatic rings. The topological polar surface area (TPSA) is 9.23 Å². The van der Waals surface area contributed by atoms with Crippen LogP contribution in [0.15, 0.2) is 12.2 Å². The highest BCUT2D eigenvalue weighted by Gasteiger charge is 2.54. The third-order valence-corrected chi connectivity index (χ3v) is 4.12. The van der Waals surface area contributed by atoms with Gasteiger partial charge in [0.2, 0.25) is 0 Å². The van der Waals surface area contributed by atoms with Crippen molar-refractivity contribution in [2.75, 3.05) is 7.11 Å². The quantitative estimate of drug-likeness (QED) is 0.678. The predicted molar refractivity (Wildman–Crippen MR) is 54.9 cm³/mol. The first kappa shape index (κ1) is 12.0. The van der Waals surface area contributed by atoms with E-state index in [0.29, 0.717) is 11.8 Å². The summed E-state index contributed by atoms with van der Waals surface area (Å²) in [4.78, 5) is 0. The van der Waals surface area contributed by atoms with E-state index in [-0.39, 0.29) is 12.3 Å². The van der Waals surface area contributed by atoms with Gasteiger partial charge >= 0.3 is 6.18 Å². The van der Waals surface area contributed by atoms with Crippen LogP contribution in [0.2, 0.25) is 0 Å². The van der Waals surface area contributed by atoms with E-state index in [1.165, 1.54) is 0 Å². The van der Waals surface area contributed by atoms with Gasteiger partial charge in [-0.1, -0.05) is 12.2 Å². The molecule has 0 spiro atoms. The Bertz CT molecular complexity index is 297. The lowest BCUT2D eigenvalue weighted by Crippen LogP contribution is -2.46. The molecule has 4 unspecified atom stereocenters. The van der Waals surface area contributed by atoms with Crippen LogP contribution in [-0.4, -0.2) is 18.9 Å². The van der Waals surface area contributed by atoms with Gasteiger partial charge < -0.3 is 4.74 Å². The Morgan fingerprint density at radius 2 is 1.94 bits per heavy atom. The molecule has 2 rings (SSSR count). The van der Waals surface area contributed by atoms with E-state index in [0.717, 1.165) is 26.9 Å². The van der Waals surface area contributed by atoms with Gasteiger partial charge in [0.25, 0.3) is 0 Å². The molecule has 16 heavy (non-hydrogen) atoms. The van der Waals surface area contributed by atoms with Crippen LogP contribution in [0, 0.1) is 17.8 Å². The highest BCUT2D eigenvalue weighted by molar-refractivity contribution is 5.11. The van der Waals surface area contributed by atoms with Gasteiger partial charge in [0.1, 0.15) is 0 Å². The average molecular weight is 234 g/mol. The number of methoxy groups -OCH3 is 1. The van der Waals surface area contributed by atoms with Gasteiger partial charge in [0, 0.05) is 7.11 Å². The fourth-order valence-corrected chi connectivity index (χ4v) is 2.94. The van der Waals surface area contributed by atoms with Gasteiger partial charge in [-0.25, -0.2) is 0 Å².